The number of aromatic nitrogens is 3. The molecular formula is C18H16ClN5O3S2. The van der Waals surface area contributed by atoms with Gasteiger partial charge in [-0.2, -0.15) is 18.4 Å². The highest BCUT2D eigenvalue weighted by molar-refractivity contribution is 7.86. The van der Waals surface area contributed by atoms with E-state index in [1.54, 1.807) is 43.3 Å². The van der Waals surface area contributed by atoms with Crippen molar-refractivity contribution in [2.75, 3.05) is 11.1 Å². The van der Waals surface area contributed by atoms with Gasteiger partial charge >= 0.3 is 0 Å². The predicted octanol–water partition coefficient (Wildman–Crippen LogP) is 3.87. The summed E-state index contributed by atoms with van der Waals surface area (Å²) in [5, 5.41) is 3.10. The quantitative estimate of drug-likeness (QED) is 0.200. The number of nitrogens with zero attached hydrogens (tertiary/aromatic N) is 3. The molecule has 29 heavy (non-hydrogen) atoms. The Kier molecular flexibility index (Phi) is 6.08. The first kappa shape index (κ1) is 21.1. The second kappa shape index (κ2) is 8.37. The summed E-state index contributed by atoms with van der Waals surface area (Å²) in [6.45, 7) is 1.70. The minimum atomic E-state index is -4.41. The molecule has 0 spiro atoms. The number of aryl methyl sites for hydroxylation is 1. The van der Waals surface area contributed by atoms with Crippen molar-refractivity contribution in [3.63, 3.8) is 0 Å². The lowest BCUT2D eigenvalue weighted by Gasteiger charge is -2.08. The third-order valence-electron chi connectivity index (χ3n) is 3.76. The zero-order valence-electron chi connectivity index (χ0n) is 15.0. The third kappa shape index (κ3) is 5.45. The maximum absolute atomic E-state index is 11.6. The van der Waals surface area contributed by atoms with E-state index in [0.29, 0.717) is 27.9 Å². The van der Waals surface area contributed by atoms with E-state index < -0.39 is 10.1 Å². The Morgan fingerprint density at radius 2 is 1.79 bits per heavy atom. The Hall–Kier alpha value is -2.66. The maximum Gasteiger partial charge on any atom is 0.295 e. The molecule has 0 saturated carbocycles. The van der Waals surface area contributed by atoms with Gasteiger partial charge < -0.3 is 11.1 Å². The summed E-state index contributed by atoms with van der Waals surface area (Å²) in [5.74, 6) is 0.787. The molecule has 2 aromatic carbocycles. The molecule has 0 saturated heterocycles. The third-order valence-corrected chi connectivity index (χ3v) is 5.23. The van der Waals surface area contributed by atoms with Crippen LogP contribution in [0.4, 0.5) is 17.3 Å². The van der Waals surface area contributed by atoms with Crippen molar-refractivity contribution in [2.24, 2.45) is 0 Å². The molecule has 0 atom stereocenters. The van der Waals surface area contributed by atoms with E-state index in [9.17, 15) is 13.0 Å². The fourth-order valence-electron chi connectivity index (χ4n) is 2.49. The minimum Gasteiger partial charge on any atom is -0.399 e. The Bertz CT molecular complexity index is 1200. The van der Waals surface area contributed by atoms with Crippen LogP contribution in [0.3, 0.4) is 0 Å². The van der Waals surface area contributed by atoms with Crippen molar-refractivity contribution in [2.45, 2.75) is 16.7 Å². The zero-order valence-corrected chi connectivity index (χ0v) is 17.5. The fourth-order valence-corrected chi connectivity index (χ4v) is 3.70. The Labute approximate surface area is 178 Å². The van der Waals surface area contributed by atoms with Crippen LogP contribution in [0, 0.1) is 6.92 Å². The van der Waals surface area contributed by atoms with Crippen molar-refractivity contribution >= 4 is 63.8 Å². The fraction of sp³-hybridized carbons (Fsp3) is 0.0556. The van der Waals surface area contributed by atoms with Crippen molar-refractivity contribution in [3.8, 4) is 0 Å². The lowest BCUT2D eigenvalue weighted by atomic mass is 10.1. The highest BCUT2D eigenvalue weighted by Gasteiger charge is 2.14. The first-order chi connectivity index (χ1) is 13.6. The molecule has 0 aliphatic heterocycles. The second-order valence-corrected chi connectivity index (χ2v) is 8.19. The van der Waals surface area contributed by atoms with Gasteiger partial charge in [-0.25, -0.2) is 4.98 Å². The number of benzene rings is 2. The highest BCUT2D eigenvalue weighted by Crippen LogP contribution is 2.25. The van der Waals surface area contributed by atoms with E-state index in [4.69, 9.17) is 17.3 Å². The van der Waals surface area contributed by atoms with Gasteiger partial charge in [0.05, 0.1) is 0 Å². The van der Waals surface area contributed by atoms with Gasteiger partial charge in [0, 0.05) is 16.3 Å². The van der Waals surface area contributed by atoms with Gasteiger partial charge in [0.25, 0.3) is 10.1 Å². The van der Waals surface area contributed by atoms with Gasteiger partial charge in [-0.3, -0.25) is 4.55 Å². The van der Waals surface area contributed by atoms with Gasteiger partial charge in [-0.05, 0) is 53.9 Å². The van der Waals surface area contributed by atoms with Crippen LogP contribution in [0.1, 0.15) is 17.0 Å². The Morgan fingerprint density at radius 1 is 1.10 bits per heavy atom. The SMILES string of the molecule is Cc1nc(Cl)nc(Nc2ccc(/C=C/c3ccc(N)cc3S(=O)(=O)O)c(S)c2)n1. The smallest absolute Gasteiger partial charge is 0.295 e. The average Bonchev–Trinajstić information content (AvgIpc) is 2.60. The van der Waals surface area contributed by atoms with Gasteiger partial charge in [-0.1, -0.05) is 24.3 Å². The van der Waals surface area contributed by atoms with E-state index >= 15 is 0 Å². The Balaban J connectivity index is 1.86. The number of nitrogen functional groups attached to an aromatic ring is 1. The molecule has 3 aromatic rings. The highest BCUT2D eigenvalue weighted by atomic mass is 35.5. The van der Waals surface area contributed by atoms with Crippen LogP contribution in [0.2, 0.25) is 5.28 Å². The normalized spacial score (nSPS) is 11.7. The van der Waals surface area contributed by atoms with Crippen molar-refractivity contribution in [1.82, 2.24) is 15.0 Å². The lowest BCUT2D eigenvalue weighted by Crippen LogP contribution is -2.02. The number of nitrogens with one attached hydrogen (secondary N) is 1. The molecule has 0 aliphatic carbocycles. The van der Waals surface area contributed by atoms with Crippen molar-refractivity contribution in [1.29, 1.82) is 0 Å². The average molecular weight is 450 g/mol. The van der Waals surface area contributed by atoms with Gasteiger partial charge in [-0.15, -0.1) is 12.6 Å². The number of halogens is 1. The summed E-state index contributed by atoms with van der Waals surface area (Å²) in [6.07, 6.45) is 3.23. The molecule has 0 bridgehead atoms. The summed E-state index contributed by atoms with van der Waals surface area (Å²) < 4.78 is 32.5. The van der Waals surface area contributed by atoms with E-state index in [1.807, 2.05) is 0 Å². The van der Waals surface area contributed by atoms with Crippen LogP contribution in [-0.4, -0.2) is 27.9 Å². The predicted molar refractivity (Wildman–Crippen MR) is 116 cm³/mol. The molecule has 3 rings (SSSR count). The molecule has 1 heterocycles. The van der Waals surface area contributed by atoms with E-state index in [2.05, 4.69) is 32.9 Å². The van der Waals surface area contributed by atoms with E-state index in [1.165, 1.54) is 12.1 Å². The summed E-state index contributed by atoms with van der Waals surface area (Å²) in [4.78, 5) is 12.4. The number of hydrogen-bond donors (Lipinski definition) is 4. The second-order valence-electron chi connectivity index (χ2n) is 5.98. The molecule has 11 heteroatoms. The Morgan fingerprint density at radius 3 is 2.45 bits per heavy atom. The van der Waals surface area contributed by atoms with E-state index in [0.717, 1.165) is 5.56 Å². The zero-order chi connectivity index (χ0) is 21.2. The van der Waals surface area contributed by atoms with Crippen LogP contribution in [0.5, 0.6) is 0 Å². The van der Waals surface area contributed by atoms with Crippen LogP contribution < -0.4 is 11.1 Å². The number of rotatable bonds is 5. The molecule has 150 valence electrons. The number of hydrogen-bond acceptors (Lipinski definition) is 8. The summed E-state index contributed by atoms with van der Waals surface area (Å²) in [6, 6.07) is 9.56. The maximum atomic E-state index is 11.6. The first-order valence-electron chi connectivity index (χ1n) is 8.15. The first-order valence-corrected chi connectivity index (χ1v) is 10.4. The van der Waals surface area contributed by atoms with Crippen molar-refractivity contribution in [3.05, 3.63) is 58.6 Å². The topological polar surface area (TPSA) is 131 Å². The van der Waals surface area contributed by atoms with E-state index in [-0.39, 0.29) is 15.9 Å². The van der Waals surface area contributed by atoms with Gasteiger partial charge in [0.15, 0.2) is 0 Å². The summed E-state index contributed by atoms with van der Waals surface area (Å²) >= 11 is 10.3. The summed E-state index contributed by atoms with van der Waals surface area (Å²) in [7, 11) is -4.41. The molecule has 0 unspecified atom stereocenters. The van der Waals surface area contributed by atoms with Crippen LogP contribution in [0.15, 0.2) is 46.2 Å². The summed E-state index contributed by atoms with van der Waals surface area (Å²) in [5.41, 5.74) is 7.55. The number of thiol groups is 1. The molecule has 0 radical (unpaired) electrons. The van der Waals surface area contributed by atoms with Gasteiger partial charge in [0.1, 0.15) is 10.7 Å². The number of anilines is 3. The van der Waals surface area contributed by atoms with Gasteiger partial charge in [0.2, 0.25) is 11.2 Å². The molecule has 0 amide bonds. The molecule has 0 fully saturated rings. The lowest BCUT2D eigenvalue weighted by molar-refractivity contribution is 0.483. The molecular weight excluding hydrogens is 434 g/mol. The molecule has 0 aliphatic rings. The largest absolute Gasteiger partial charge is 0.399 e. The monoisotopic (exact) mass is 449 g/mol. The van der Waals surface area contributed by atoms with Crippen LogP contribution in [-0.2, 0) is 10.1 Å². The standard InChI is InChI=1S/C18H16ClN5O3S2/c1-10-21-17(19)24-18(22-10)23-14-7-5-11(15(28)9-14)2-3-12-4-6-13(20)8-16(12)29(25,26)27/h2-9,28H,20H2,1H3,(H,25,26,27)(H,21,22,23,24)/b3-2+. The molecule has 1 aromatic heterocycles. The molecule has 8 nitrogen and oxygen atoms in total. The van der Waals surface area contributed by atoms with Crippen LogP contribution >= 0.6 is 24.2 Å². The van der Waals surface area contributed by atoms with Crippen LogP contribution in [0.25, 0.3) is 12.2 Å². The van der Waals surface area contributed by atoms with Crippen molar-refractivity contribution < 1.29 is 13.0 Å². The minimum absolute atomic E-state index is 0.0868. The molecule has 4 N–H and O–H groups in total. The number of nitrogens with two attached hydrogens (primary N) is 1.